The van der Waals surface area contributed by atoms with E-state index in [9.17, 15) is 13.6 Å². The number of hydrogen-bond acceptors (Lipinski definition) is 3. The molecule has 0 radical (unpaired) electrons. The fraction of sp³-hybridized carbons (Fsp3) is 0.846. The van der Waals surface area contributed by atoms with Gasteiger partial charge in [0.05, 0.1) is 6.07 Å². The van der Waals surface area contributed by atoms with Gasteiger partial charge in [-0.2, -0.15) is 17.0 Å². The van der Waals surface area contributed by atoms with Crippen molar-refractivity contribution in [2.24, 2.45) is 5.92 Å². The van der Waals surface area contributed by atoms with Gasteiger partial charge in [-0.1, -0.05) is 0 Å². The molecule has 1 amide bonds. The van der Waals surface area contributed by atoms with E-state index in [1.54, 1.807) is 16.7 Å². The molecule has 0 bridgehead atoms. The van der Waals surface area contributed by atoms with Crippen LogP contribution in [-0.4, -0.2) is 40.8 Å². The van der Waals surface area contributed by atoms with E-state index in [2.05, 4.69) is 6.07 Å². The van der Waals surface area contributed by atoms with Gasteiger partial charge in [-0.3, -0.25) is 4.79 Å². The Morgan fingerprint density at radius 3 is 2.74 bits per heavy atom. The summed E-state index contributed by atoms with van der Waals surface area (Å²) in [5.74, 6) is -1.02. The van der Waals surface area contributed by atoms with Gasteiger partial charge in [0.1, 0.15) is 6.04 Å². The van der Waals surface area contributed by atoms with Crippen LogP contribution in [0.15, 0.2) is 0 Å². The van der Waals surface area contributed by atoms with Gasteiger partial charge in [-0.15, -0.1) is 0 Å². The van der Waals surface area contributed by atoms with Crippen LogP contribution in [0.5, 0.6) is 0 Å². The van der Waals surface area contributed by atoms with Crippen LogP contribution in [0.25, 0.3) is 0 Å². The van der Waals surface area contributed by atoms with Crippen molar-refractivity contribution in [3.8, 4) is 6.07 Å². The van der Waals surface area contributed by atoms with E-state index >= 15 is 0 Å². The van der Waals surface area contributed by atoms with Gasteiger partial charge < -0.3 is 4.90 Å². The van der Waals surface area contributed by atoms with Crippen LogP contribution in [0.1, 0.15) is 32.1 Å². The maximum Gasteiger partial charge on any atom is 0.248 e. The Morgan fingerprint density at radius 1 is 1.42 bits per heavy atom. The van der Waals surface area contributed by atoms with E-state index in [1.807, 2.05) is 0 Å². The molecular weight excluding hydrogens is 270 g/mol. The van der Waals surface area contributed by atoms with E-state index in [4.69, 9.17) is 5.26 Å². The molecule has 0 aromatic heterocycles. The third kappa shape index (κ3) is 3.82. The largest absolute Gasteiger partial charge is 0.325 e. The fourth-order valence-electron chi connectivity index (χ4n) is 2.68. The van der Waals surface area contributed by atoms with Crippen LogP contribution in [0.2, 0.25) is 0 Å². The van der Waals surface area contributed by atoms with Gasteiger partial charge >= 0.3 is 0 Å². The standard InChI is InChI=1S/C13H18F2N2OS/c14-13(15)3-1-10(2-4-13)7-12(18)17-5-6-19-9-11(17)8-16/h10-11H,1-7,9H2. The molecule has 19 heavy (non-hydrogen) atoms. The molecule has 1 unspecified atom stereocenters. The summed E-state index contributed by atoms with van der Waals surface area (Å²) in [6.07, 6.45) is 0.932. The molecule has 1 aliphatic carbocycles. The maximum atomic E-state index is 13.0. The molecular formula is C13H18F2N2OS. The average molecular weight is 288 g/mol. The first-order valence-corrected chi connectivity index (χ1v) is 7.82. The number of thioether (sulfide) groups is 1. The number of halogens is 2. The minimum atomic E-state index is -2.55. The van der Waals surface area contributed by atoms with Crippen molar-refractivity contribution >= 4 is 17.7 Å². The zero-order valence-electron chi connectivity index (χ0n) is 10.8. The molecule has 2 aliphatic rings. The summed E-state index contributed by atoms with van der Waals surface area (Å²) in [5.41, 5.74) is 0. The Kier molecular flexibility index (Phi) is 4.67. The Labute approximate surface area is 116 Å². The number of hydrogen-bond donors (Lipinski definition) is 0. The van der Waals surface area contributed by atoms with Crippen molar-refractivity contribution in [3.05, 3.63) is 0 Å². The maximum absolute atomic E-state index is 13.0. The molecule has 0 aromatic carbocycles. The molecule has 0 N–H and O–H groups in total. The van der Waals surface area contributed by atoms with Gasteiger partial charge in [0.2, 0.25) is 11.8 Å². The highest BCUT2D eigenvalue weighted by Crippen LogP contribution is 2.37. The first kappa shape index (κ1) is 14.6. The SMILES string of the molecule is N#CC1CSCCN1C(=O)CC1CCC(F)(F)CC1. The molecule has 1 aliphatic heterocycles. The van der Waals surface area contributed by atoms with Crippen LogP contribution in [0.4, 0.5) is 8.78 Å². The van der Waals surface area contributed by atoms with Crippen molar-refractivity contribution in [1.29, 1.82) is 5.26 Å². The van der Waals surface area contributed by atoms with Crippen LogP contribution in [-0.2, 0) is 4.79 Å². The summed E-state index contributed by atoms with van der Waals surface area (Å²) >= 11 is 1.68. The lowest BCUT2D eigenvalue weighted by atomic mass is 9.84. The van der Waals surface area contributed by atoms with Crippen LogP contribution in [0, 0.1) is 17.2 Å². The molecule has 2 fully saturated rings. The molecule has 1 atom stereocenters. The number of carbonyl (C=O) groups excluding carboxylic acids is 1. The zero-order valence-corrected chi connectivity index (χ0v) is 11.6. The van der Waals surface area contributed by atoms with Crippen molar-refractivity contribution in [3.63, 3.8) is 0 Å². The molecule has 1 heterocycles. The number of nitrogens with zero attached hydrogens (tertiary/aromatic N) is 2. The lowest BCUT2D eigenvalue weighted by Gasteiger charge is -2.33. The molecule has 1 saturated carbocycles. The molecule has 1 saturated heterocycles. The summed E-state index contributed by atoms with van der Waals surface area (Å²) in [6, 6.07) is 1.80. The first-order valence-electron chi connectivity index (χ1n) is 6.66. The molecule has 6 heteroatoms. The number of nitriles is 1. The summed E-state index contributed by atoms with van der Waals surface area (Å²) in [7, 11) is 0. The predicted octanol–water partition coefficient (Wildman–Crippen LogP) is 2.67. The molecule has 106 valence electrons. The number of alkyl halides is 2. The second-order valence-electron chi connectivity index (χ2n) is 5.31. The second kappa shape index (κ2) is 6.08. The topological polar surface area (TPSA) is 44.1 Å². The fourth-order valence-corrected chi connectivity index (χ4v) is 3.65. The van der Waals surface area contributed by atoms with Crippen LogP contribution >= 0.6 is 11.8 Å². The third-order valence-corrected chi connectivity index (χ3v) is 4.92. The van der Waals surface area contributed by atoms with E-state index in [0.717, 1.165) is 5.75 Å². The van der Waals surface area contributed by atoms with Gasteiger partial charge in [0.25, 0.3) is 0 Å². The average Bonchev–Trinajstić information content (AvgIpc) is 2.41. The summed E-state index contributed by atoms with van der Waals surface area (Å²) < 4.78 is 26.1. The predicted molar refractivity (Wildman–Crippen MR) is 70.0 cm³/mol. The van der Waals surface area contributed by atoms with Crippen LogP contribution < -0.4 is 0 Å². The number of amides is 1. The lowest BCUT2D eigenvalue weighted by Crippen LogP contribution is -2.46. The molecule has 3 nitrogen and oxygen atoms in total. The Hall–Kier alpha value is -0.830. The summed E-state index contributed by atoms with van der Waals surface area (Å²) in [4.78, 5) is 13.8. The van der Waals surface area contributed by atoms with Crippen LogP contribution in [0.3, 0.4) is 0 Å². The smallest absolute Gasteiger partial charge is 0.248 e. The Bertz CT molecular complexity index is 373. The molecule has 0 spiro atoms. The van der Waals surface area contributed by atoms with Gasteiger partial charge in [0, 0.05) is 37.3 Å². The highest BCUT2D eigenvalue weighted by Gasteiger charge is 2.36. The Morgan fingerprint density at radius 2 is 2.11 bits per heavy atom. The van der Waals surface area contributed by atoms with Crippen molar-refractivity contribution in [2.75, 3.05) is 18.1 Å². The zero-order chi connectivity index (χ0) is 13.9. The van der Waals surface area contributed by atoms with Crippen molar-refractivity contribution in [1.82, 2.24) is 4.90 Å². The normalized spacial score (nSPS) is 27.8. The van der Waals surface area contributed by atoms with Crippen molar-refractivity contribution < 1.29 is 13.6 Å². The minimum absolute atomic E-state index is 0.0398. The van der Waals surface area contributed by atoms with Gasteiger partial charge in [-0.25, -0.2) is 8.78 Å². The van der Waals surface area contributed by atoms with Crippen molar-refractivity contribution in [2.45, 2.75) is 44.1 Å². The summed E-state index contributed by atoms with van der Waals surface area (Å²) in [6.45, 7) is 0.602. The van der Waals surface area contributed by atoms with E-state index in [0.29, 0.717) is 31.6 Å². The lowest BCUT2D eigenvalue weighted by molar-refractivity contribution is -0.134. The molecule has 0 aromatic rings. The monoisotopic (exact) mass is 288 g/mol. The Balaban J connectivity index is 1.85. The summed E-state index contributed by atoms with van der Waals surface area (Å²) in [5, 5.41) is 9.03. The first-order chi connectivity index (χ1) is 9.02. The van der Waals surface area contributed by atoms with Gasteiger partial charge in [-0.05, 0) is 18.8 Å². The second-order valence-corrected chi connectivity index (χ2v) is 6.46. The highest BCUT2D eigenvalue weighted by molar-refractivity contribution is 7.99. The number of carbonyl (C=O) groups is 1. The highest BCUT2D eigenvalue weighted by atomic mass is 32.2. The third-order valence-electron chi connectivity index (χ3n) is 3.90. The van der Waals surface area contributed by atoms with E-state index < -0.39 is 5.92 Å². The van der Waals surface area contributed by atoms with E-state index in [1.165, 1.54) is 0 Å². The van der Waals surface area contributed by atoms with Gasteiger partial charge in [0.15, 0.2) is 0 Å². The number of rotatable bonds is 2. The minimum Gasteiger partial charge on any atom is -0.325 e. The molecule has 2 rings (SSSR count). The quantitative estimate of drug-likeness (QED) is 0.784. The van der Waals surface area contributed by atoms with E-state index in [-0.39, 0.29) is 30.7 Å².